The monoisotopic (exact) mass is 467 g/mol. The fourth-order valence-electron chi connectivity index (χ4n) is 4.55. The molecule has 4 rings (SSSR count). The van der Waals surface area contributed by atoms with Crippen LogP contribution in [0.1, 0.15) is 67.0 Å². The van der Waals surface area contributed by atoms with Crippen molar-refractivity contribution in [2.45, 2.75) is 53.0 Å². The highest BCUT2D eigenvalue weighted by Gasteiger charge is 2.29. The molecular formula is C30H33N3O2. The van der Waals surface area contributed by atoms with Gasteiger partial charge in [0.1, 0.15) is 5.82 Å². The maximum Gasteiger partial charge on any atom is 0.266 e. The molecule has 35 heavy (non-hydrogen) atoms. The molecule has 0 radical (unpaired) electrons. The Balaban J connectivity index is 1.92. The minimum absolute atomic E-state index is 0.0472. The molecule has 0 aliphatic carbocycles. The number of carbonyl (C=O) groups excluding carboxylic acids is 1. The molecule has 0 bridgehead atoms. The van der Waals surface area contributed by atoms with Crippen LogP contribution in [0.2, 0.25) is 0 Å². The van der Waals surface area contributed by atoms with Crippen LogP contribution < -0.4 is 5.56 Å². The lowest BCUT2D eigenvalue weighted by atomic mass is 10.1. The molecule has 0 spiro atoms. The first-order valence-electron chi connectivity index (χ1n) is 12.5. The van der Waals surface area contributed by atoms with E-state index in [-0.39, 0.29) is 17.5 Å². The summed E-state index contributed by atoms with van der Waals surface area (Å²) in [6.07, 6.45) is 2.36. The number of aryl methyl sites for hydroxylation is 2. The zero-order chi connectivity index (χ0) is 24.9. The van der Waals surface area contributed by atoms with E-state index in [9.17, 15) is 9.59 Å². The van der Waals surface area contributed by atoms with Crippen molar-refractivity contribution in [2.75, 3.05) is 6.54 Å². The number of fused-ring (bicyclic) bond motifs is 1. The summed E-state index contributed by atoms with van der Waals surface area (Å²) in [5.41, 5.74) is 4.24. The largest absolute Gasteiger partial charge is 0.328 e. The Hall–Kier alpha value is -3.73. The molecule has 5 heteroatoms. The summed E-state index contributed by atoms with van der Waals surface area (Å²) in [7, 11) is 0. The zero-order valence-corrected chi connectivity index (χ0v) is 21.0. The lowest BCUT2D eigenvalue weighted by Crippen LogP contribution is -2.39. The molecule has 1 amide bonds. The number of amides is 1. The fourth-order valence-corrected chi connectivity index (χ4v) is 4.55. The first-order valence-corrected chi connectivity index (χ1v) is 12.5. The van der Waals surface area contributed by atoms with E-state index in [2.05, 4.69) is 13.8 Å². The number of carbonyl (C=O) groups is 1. The SMILES string of the molecule is CCCN(C(=O)c1ccc(C)cc1)C(CC)c1nc2ccccc2c(=O)n1-c1ccc(CC)cc1. The smallest absolute Gasteiger partial charge is 0.266 e. The average molecular weight is 468 g/mol. The molecular weight excluding hydrogens is 434 g/mol. The highest BCUT2D eigenvalue weighted by molar-refractivity contribution is 5.94. The Bertz CT molecular complexity index is 1370. The summed E-state index contributed by atoms with van der Waals surface area (Å²) in [6.45, 7) is 8.79. The minimum Gasteiger partial charge on any atom is -0.328 e. The fraction of sp³-hybridized carbons (Fsp3) is 0.300. The van der Waals surface area contributed by atoms with Gasteiger partial charge in [-0.15, -0.1) is 0 Å². The summed E-state index contributed by atoms with van der Waals surface area (Å²) in [4.78, 5) is 34.4. The van der Waals surface area contributed by atoms with E-state index in [1.165, 1.54) is 5.56 Å². The van der Waals surface area contributed by atoms with Gasteiger partial charge in [-0.2, -0.15) is 0 Å². The molecule has 5 nitrogen and oxygen atoms in total. The van der Waals surface area contributed by atoms with Crippen LogP contribution in [0.3, 0.4) is 0 Å². The second-order valence-corrected chi connectivity index (χ2v) is 8.94. The molecule has 1 aromatic heterocycles. The van der Waals surface area contributed by atoms with Crippen LogP contribution in [0.15, 0.2) is 77.6 Å². The number of benzene rings is 3. The normalized spacial score (nSPS) is 12.0. The minimum atomic E-state index is -0.355. The molecule has 1 heterocycles. The molecule has 1 atom stereocenters. The van der Waals surface area contributed by atoms with Gasteiger partial charge in [0.2, 0.25) is 0 Å². The third kappa shape index (κ3) is 4.90. The molecule has 0 saturated carbocycles. The van der Waals surface area contributed by atoms with E-state index in [4.69, 9.17) is 4.98 Å². The van der Waals surface area contributed by atoms with E-state index >= 15 is 0 Å². The number of hydrogen-bond donors (Lipinski definition) is 0. The third-order valence-electron chi connectivity index (χ3n) is 6.49. The number of nitrogens with zero attached hydrogens (tertiary/aromatic N) is 3. The predicted molar refractivity (Wildman–Crippen MR) is 142 cm³/mol. The molecule has 1 unspecified atom stereocenters. The van der Waals surface area contributed by atoms with Crippen molar-refractivity contribution in [3.05, 3.63) is 106 Å². The third-order valence-corrected chi connectivity index (χ3v) is 6.49. The van der Waals surface area contributed by atoms with Gasteiger partial charge in [0.15, 0.2) is 0 Å². The quantitative estimate of drug-likeness (QED) is 0.307. The van der Waals surface area contributed by atoms with Gasteiger partial charge in [0.25, 0.3) is 11.5 Å². The van der Waals surface area contributed by atoms with Crippen LogP contribution in [-0.2, 0) is 6.42 Å². The standard InChI is InChI=1S/C30H33N3O2/c1-5-20-32(29(34)23-16-12-21(4)13-17-23)27(7-3)28-31-26-11-9-8-10-25(26)30(35)33(28)24-18-14-22(6-2)15-19-24/h8-19,27H,5-7,20H2,1-4H3. The lowest BCUT2D eigenvalue weighted by Gasteiger charge is -2.32. The van der Waals surface area contributed by atoms with E-state index in [0.717, 1.165) is 24.1 Å². The first-order chi connectivity index (χ1) is 17.0. The highest BCUT2D eigenvalue weighted by atomic mass is 16.2. The first kappa shape index (κ1) is 24.4. The zero-order valence-electron chi connectivity index (χ0n) is 21.0. The van der Waals surface area contributed by atoms with Gasteiger partial charge in [-0.05, 0) is 68.1 Å². The molecule has 180 valence electrons. The van der Waals surface area contributed by atoms with Crippen molar-refractivity contribution in [3.63, 3.8) is 0 Å². The Kier molecular flexibility index (Phi) is 7.45. The molecule has 0 aliphatic rings. The van der Waals surface area contributed by atoms with Crippen LogP contribution in [0.25, 0.3) is 16.6 Å². The molecule has 0 N–H and O–H groups in total. The second kappa shape index (κ2) is 10.7. The summed E-state index contributed by atoms with van der Waals surface area (Å²) in [6, 6.07) is 22.8. The van der Waals surface area contributed by atoms with Crippen molar-refractivity contribution in [1.82, 2.24) is 14.5 Å². The second-order valence-electron chi connectivity index (χ2n) is 8.94. The van der Waals surface area contributed by atoms with Gasteiger partial charge < -0.3 is 4.90 Å². The van der Waals surface area contributed by atoms with Gasteiger partial charge >= 0.3 is 0 Å². The van der Waals surface area contributed by atoms with E-state index < -0.39 is 0 Å². The lowest BCUT2D eigenvalue weighted by molar-refractivity contribution is 0.0659. The topological polar surface area (TPSA) is 55.2 Å². The molecule has 4 aromatic rings. The Labute approximate surface area is 207 Å². The highest BCUT2D eigenvalue weighted by Crippen LogP contribution is 2.28. The summed E-state index contributed by atoms with van der Waals surface area (Å²) < 4.78 is 1.70. The Morgan fingerprint density at radius 2 is 1.63 bits per heavy atom. The van der Waals surface area contributed by atoms with Crippen LogP contribution >= 0.6 is 0 Å². The summed E-state index contributed by atoms with van der Waals surface area (Å²) in [5, 5.41) is 0.567. The van der Waals surface area contributed by atoms with E-state index in [1.807, 2.05) is 91.5 Å². The Morgan fingerprint density at radius 1 is 0.943 bits per heavy atom. The van der Waals surface area contributed by atoms with Gasteiger partial charge in [-0.1, -0.05) is 62.7 Å². The number of aromatic nitrogens is 2. The Morgan fingerprint density at radius 3 is 2.26 bits per heavy atom. The van der Waals surface area contributed by atoms with E-state index in [1.54, 1.807) is 4.57 Å². The van der Waals surface area contributed by atoms with Crippen molar-refractivity contribution in [1.29, 1.82) is 0 Å². The van der Waals surface area contributed by atoms with Crippen molar-refractivity contribution < 1.29 is 4.79 Å². The van der Waals surface area contributed by atoms with Gasteiger partial charge in [-0.3, -0.25) is 14.2 Å². The number of para-hydroxylation sites is 1. The van der Waals surface area contributed by atoms with Crippen LogP contribution in [0, 0.1) is 6.92 Å². The molecule has 3 aromatic carbocycles. The number of hydrogen-bond acceptors (Lipinski definition) is 3. The van der Waals surface area contributed by atoms with Gasteiger partial charge in [0, 0.05) is 12.1 Å². The predicted octanol–water partition coefficient (Wildman–Crippen LogP) is 6.26. The molecule has 0 aliphatic heterocycles. The maximum absolute atomic E-state index is 13.8. The number of rotatable bonds is 8. The van der Waals surface area contributed by atoms with Gasteiger partial charge in [-0.25, -0.2) is 4.98 Å². The van der Waals surface area contributed by atoms with Crippen LogP contribution in [-0.4, -0.2) is 26.9 Å². The van der Waals surface area contributed by atoms with Crippen molar-refractivity contribution in [3.8, 4) is 5.69 Å². The molecule has 0 saturated heterocycles. The molecule has 0 fully saturated rings. The van der Waals surface area contributed by atoms with Crippen LogP contribution in [0.5, 0.6) is 0 Å². The summed E-state index contributed by atoms with van der Waals surface area (Å²) >= 11 is 0. The van der Waals surface area contributed by atoms with Crippen molar-refractivity contribution in [2.24, 2.45) is 0 Å². The van der Waals surface area contributed by atoms with Crippen molar-refractivity contribution >= 4 is 16.8 Å². The van der Waals surface area contributed by atoms with E-state index in [0.29, 0.717) is 35.3 Å². The maximum atomic E-state index is 13.8. The van der Waals surface area contributed by atoms with Crippen LogP contribution in [0.4, 0.5) is 0 Å². The summed E-state index contributed by atoms with van der Waals surface area (Å²) in [5.74, 6) is 0.545. The van der Waals surface area contributed by atoms with Gasteiger partial charge in [0.05, 0.1) is 22.6 Å². The average Bonchev–Trinajstić information content (AvgIpc) is 2.89.